The Bertz CT molecular complexity index is 1440. The van der Waals surface area contributed by atoms with Gasteiger partial charge in [0.05, 0.1) is 43.8 Å². The first kappa shape index (κ1) is 26.5. The van der Waals surface area contributed by atoms with Gasteiger partial charge in [0.1, 0.15) is 11.4 Å². The molecule has 2 N–H and O–H groups in total. The van der Waals surface area contributed by atoms with Crippen molar-refractivity contribution in [2.24, 2.45) is 0 Å². The van der Waals surface area contributed by atoms with E-state index < -0.39 is 23.9 Å². The number of amides is 3. The normalized spacial score (nSPS) is 15.7. The molecule has 2 aliphatic rings. The number of methoxy groups -OCH3 is 1. The van der Waals surface area contributed by atoms with Crippen molar-refractivity contribution in [3.8, 4) is 17.2 Å². The number of aromatic nitrogens is 2. The van der Waals surface area contributed by atoms with Crippen LogP contribution in [0.1, 0.15) is 34.6 Å². The molecular formula is C28H27N5O7. The Morgan fingerprint density at radius 2 is 1.88 bits per heavy atom. The summed E-state index contributed by atoms with van der Waals surface area (Å²) in [7, 11) is 1.55. The van der Waals surface area contributed by atoms with Gasteiger partial charge in [0.2, 0.25) is 6.79 Å². The van der Waals surface area contributed by atoms with Crippen LogP contribution in [0.4, 0.5) is 4.79 Å². The van der Waals surface area contributed by atoms with E-state index in [1.807, 2.05) is 6.07 Å². The van der Waals surface area contributed by atoms with E-state index in [0.717, 1.165) is 5.56 Å². The smallest absolute Gasteiger partial charge is 0.338 e. The molecule has 2 aliphatic heterocycles. The maximum absolute atomic E-state index is 13.6. The van der Waals surface area contributed by atoms with E-state index in [1.54, 1.807) is 50.4 Å². The molecule has 2 aromatic carbocycles. The fourth-order valence-electron chi connectivity index (χ4n) is 4.46. The van der Waals surface area contributed by atoms with Crippen LogP contribution in [0.15, 0.2) is 72.3 Å². The highest BCUT2D eigenvalue weighted by atomic mass is 16.7. The standard InChI is InChI=1S/C28H27N5O7/c1-3-38-27(35)24-21(31-28(36)32-25(24)18-5-7-19(37-2)8-6-18)15-33(26(34)20-13-29-10-11-30-20)14-17-4-9-22-23(12-17)40-16-39-22/h4-13,25H,3,14-16H2,1-2H3,(H2,31,32,36)/t25-/m0/s1. The second-order valence-corrected chi connectivity index (χ2v) is 8.86. The van der Waals surface area contributed by atoms with Crippen LogP contribution in [0.25, 0.3) is 0 Å². The third kappa shape index (κ3) is 5.65. The van der Waals surface area contributed by atoms with Crippen molar-refractivity contribution in [3.05, 3.63) is 89.1 Å². The first-order valence-electron chi connectivity index (χ1n) is 12.5. The van der Waals surface area contributed by atoms with Crippen molar-refractivity contribution >= 4 is 17.9 Å². The van der Waals surface area contributed by atoms with Gasteiger partial charge in [0.25, 0.3) is 5.91 Å². The van der Waals surface area contributed by atoms with Gasteiger partial charge >= 0.3 is 12.0 Å². The highest BCUT2D eigenvalue weighted by Crippen LogP contribution is 2.34. The zero-order chi connectivity index (χ0) is 28.1. The lowest BCUT2D eigenvalue weighted by Gasteiger charge is -2.32. The van der Waals surface area contributed by atoms with Crippen molar-refractivity contribution in [3.63, 3.8) is 0 Å². The number of nitrogens with zero attached hydrogens (tertiary/aromatic N) is 3. The minimum absolute atomic E-state index is 0.105. The van der Waals surface area contributed by atoms with Crippen LogP contribution < -0.4 is 24.8 Å². The molecule has 3 heterocycles. The molecule has 0 saturated carbocycles. The summed E-state index contributed by atoms with van der Waals surface area (Å²) in [5.41, 5.74) is 1.88. The Morgan fingerprint density at radius 1 is 1.07 bits per heavy atom. The number of hydrogen-bond acceptors (Lipinski definition) is 9. The van der Waals surface area contributed by atoms with E-state index in [4.69, 9.17) is 18.9 Å². The molecule has 0 saturated heterocycles. The number of benzene rings is 2. The number of urea groups is 1. The SMILES string of the molecule is CCOC(=O)C1=C(CN(Cc2ccc3c(c2)OCO3)C(=O)c2cnccn2)NC(=O)N[C@H]1c1ccc(OC)cc1. The molecule has 40 heavy (non-hydrogen) atoms. The summed E-state index contributed by atoms with van der Waals surface area (Å²) >= 11 is 0. The maximum atomic E-state index is 13.6. The lowest BCUT2D eigenvalue weighted by molar-refractivity contribution is -0.139. The Morgan fingerprint density at radius 3 is 2.60 bits per heavy atom. The van der Waals surface area contributed by atoms with Crippen LogP contribution in [-0.4, -0.2) is 59.8 Å². The molecule has 206 valence electrons. The predicted molar refractivity (Wildman–Crippen MR) is 140 cm³/mol. The number of nitrogens with one attached hydrogen (secondary N) is 2. The van der Waals surface area contributed by atoms with Crippen LogP contribution >= 0.6 is 0 Å². The Labute approximate surface area is 229 Å². The summed E-state index contributed by atoms with van der Waals surface area (Å²) in [5.74, 6) is 0.716. The van der Waals surface area contributed by atoms with E-state index in [0.29, 0.717) is 22.8 Å². The zero-order valence-corrected chi connectivity index (χ0v) is 21.9. The molecular weight excluding hydrogens is 518 g/mol. The molecule has 0 spiro atoms. The van der Waals surface area contributed by atoms with Crippen molar-refractivity contribution < 1.29 is 33.3 Å². The molecule has 1 aromatic heterocycles. The summed E-state index contributed by atoms with van der Waals surface area (Å²) in [4.78, 5) is 49.4. The van der Waals surface area contributed by atoms with E-state index in [1.165, 1.54) is 23.5 Å². The van der Waals surface area contributed by atoms with E-state index >= 15 is 0 Å². The number of carbonyl (C=O) groups is 3. The second-order valence-electron chi connectivity index (χ2n) is 8.86. The largest absolute Gasteiger partial charge is 0.497 e. The average molecular weight is 546 g/mol. The van der Waals surface area contributed by atoms with E-state index in [-0.39, 0.29) is 43.5 Å². The summed E-state index contributed by atoms with van der Waals surface area (Å²) in [5, 5.41) is 5.52. The van der Waals surface area contributed by atoms with Crippen molar-refractivity contribution in [1.29, 1.82) is 0 Å². The monoisotopic (exact) mass is 545 g/mol. The lowest BCUT2D eigenvalue weighted by Crippen LogP contribution is -2.49. The van der Waals surface area contributed by atoms with E-state index in [9.17, 15) is 14.4 Å². The lowest BCUT2D eigenvalue weighted by atomic mass is 9.94. The Kier molecular flexibility index (Phi) is 7.76. The third-order valence-electron chi connectivity index (χ3n) is 6.33. The number of rotatable bonds is 9. The predicted octanol–water partition coefficient (Wildman–Crippen LogP) is 2.73. The molecule has 12 heteroatoms. The Balaban J connectivity index is 1.55. The first-order valence-corrected chi connectivity index (χ1v) is 12.5. The number of hydrogen-bond donors (Lipinski definition) is 2. The van der Waals surface area contributed by atoms with Gasteiger partial charge in [-0.25, -0.2) is 14.6 Å². The highest BCUT2D eigenvalue weighted by molar-refractivity contribution is 5.96. The fraction of sp³-hybridized carbons (Fsp3) is 0.250. The first-order chi connectivity index (χ1) is 19.5. The fourth-order valence-corrected chi connectivity index (χ4v) is 4.46. The molecule has 1 atom stereocenters. The van der Waals surface area contributed by atoms with Gasteiger partial charge in [-0.3, -0.25) is 9.78 Å². The van der Waals surface area contributed by atoms with E-state index in [2.05, 4.69) is 20.6 Å². The van der Waals surface area contributed by atoms with Gasteiger partial charge in [0.15, 0.2) is 11.5 Å². The minimum Gasteiger partial charge on any atom is -0.497 e. The van der Waals surface area contributed by atoms with Gasteiger partial charge in [-0.1, -0.05) is 18.2 Å². The van der Waals surface area contributed by atoms with Crippen LogP contribution in [0, 0.1) is 0 Å². The van der Waals surface area contributed by atoms with Gasteiger partial charge in [0, 0.05) is 18.9 Å². The highest BCUT2D eigenvalue weighted by Gasteiger charge is 2.35. The summed E-state index contributed by atoms with van der Waals surface area (Å²) in [6.45, 7) is 1.92. The van der Waals surface area contributed by atoms with Crippen LogP contribution in [0.5, 0.6) is 17.2 Å². The minimum atomic E-state index is -0.826. The second kappa shape index (κ2) is 11.7. The topological polar surface area (TPSA) is 141 Å². The molecule has 3 amide bonds. The molecule has 0 aliphatic carbocycles. The Hall–Kier alpha value is -5.13. The number of fused-ring (bicyclic) bond motifs is 1. The number of ether oxygens (including phenoxy) is 4. The maximum Gasteiger partial charge on any atom is 0.338 e. The van der Waals surface area contributed by atoms with Gasteiger partial charge in [-0.05, 0) is 42.3 Å². The average Bonchev–Trinajstić information content (AvgIpc) is 3.45. The van der Waals surface area contributed by atoms with Gasteiger partial charge in [-0.2, -0.15) is 0 Å². The van der Waals surface area contributed by atoms with Crippen molar-refractivity contribution in [1.82, 2.24) is 25.5 Å². The van der Waals surface area contributed by atoms with Crippen molar-refractivity contribution in [2.45, 2.75) is 19.5 Å². The zero-order valence-electron chi connectivity index (χ0n) is 21.9. The molecule has 0 radical (unpaired) electrons. The van der Waals surface area contributed by atoms with Gasteiger partial charge < -0.3 is 34.5 Å². The summed E-state index contributed by atoms with van der Waals surface area (Å²) < 4.78 is 21.5. The summed E-state index contributed by atoms with van der Waals surface area (Å²) in [6, 6.07) is 11.0. The quantitative estimate of drug-likeness (QED) is 0.388. The molecule has 12 nitrogen and oxygen atoms in total. The van der Waals surface area contributed by atoms with Gasteiger partial charge in [-0.15, -0.1) is 0 Å². The molecule has 0 unspecified atom stereocenters. The van der Waals surface area contributed by atoms with Crippen LogP contribution in [-0.2, 0) is 16.1 Å². The molecule has 3 aromatic rings. The molecule has 0 bridgehead atoms. The molecule has 0 fully saturated rings. The molecule has 5 rings (SSSR count). The van der Waals surface area contributed by atoms with Crippen LogP contribution in [0.3, 0.4) is 0 Å². The number of carbonyl (C=O) groups excluding carboxylic acids is 3. The number of esters is 1. The van der Waals surface area contributed by atoms with Crippen LogP contribution in [0.2, 0.25) is 0 Å². The summed E-state index contributed by atoms with van der Waals surface area (Å²) in [6.07, 6.45) is 4.24. The third-order valence-corrected chi connectivity index (χ3v) is 6.33. The van der Waals surface area contributed by atoms with Crippen molar-refractivity contribution in [2.75, 3.05) is 27.1 Å².